The molecule has 0 radical (unpaired) electrons. The summed E-state index contributed by atoms with van der Waals surface area (Å²) in [4.78, 5) is 25.4. The number of carbonyl (C=O) groups excluding carboxylic acids is 1. The van der Waals surface area contributed by atoms with E-state index in [1.807, 2.05) is 24.3 Å². The third-order valence-electron chi connectivity index (χ3n) is 4.96. The molecule has 142 valence electrons. The van der Waals surface area contributed by atoms with Crippen molar-refractivity contribution in [3.8, 4) is 11.4 Å². The quantitative estimate of drug-likeness (QED) is 0.851. The van der Waals surface area contributed by atoms with Gasteiger partial charge in [-0.3, -0.25) is 0 Å². The Balaban J connectivity index is 1.72. The van der Waals surface area contributed by atoms with E-state index < -0.39 is 6.03 Å². The molecule has 2 aromatic rings. The number of carbonyl (C=O) groups is 1. The molecule has 2 aliphatic heterocycles. The fourth-order valence-electron chi connectivity index (χ4n) is 3.55. The van der Waals surface area contributed by atoms with Gasteiger partial charge >= 0.3 is 6.03 Å². The van der Waals surface area contributed by atoms with Crippen LogP contribution in [0.15, 0.2) is 24.3 Å². The molecule has 0 aliphatic carbocycles. The van der Waals surface area contributed by atoms with Crippen molar-refractivity contribution in [1.82, 2.24) is 14.9 Å². The summed E-state index contributed by atoms with van der Waals surface area (Å²) in [5.41, 5.74) is 9.08. The first-order valence-electron chi connectivity index (χ1n) is 9.18. The Morgan fingerprint density at radius 1 is 1.15 bits per heavy atom. The van der Waals surface area contributed by atoms with Gasteiger partial charge in [0.25, 0.3) is 0 Å². The number of hydrogen-bond donors (Lipinski definition) is 2. The summed E-state index contributed by atoms with van der Waals surface area (Å²) in [6.07, 6.45) is 0.959. The van der Waals surface area contributed by atoms with Crippen LogP contribution in [0.3, 0.4) is 0 Å². The fourth-order valence-corrected chi connectivity index (χ4v) is 3.55. The van der Waals surface area contributed by atoms with Crippen molar-refractivity contribution in [2.45, 2.75) is 13.0 Å². The number of ether oxygens (including phenoxy) is 1. The van der Waals surface area contributed by atoms with Crippen molar-refractivity contribution in [3.05, 3.63) is 35.5 Å². The first-order valence-corrected chi connectivity index (χ1v) is 9.18. The standard InChI is InChI=1S/C19H24N6O2/c1-24-7-6-15-16(12-24)22-17(23-18(15)25-8-10-27-11-9-25)13-2-4-14(5-3-13)21-19(20)26/h2-5H,6-12H2,1H3,(H3,20,21,26). The molecular weight excluding hydrogens is 344 g/mol. The summed E-state index contributed by atoms with van der Waals surface area (Å²) in [5, 5.41) is 2.57. The second-order valence-corrected chi connectivity index (χ2v) is 6.95. The van der Waals surface area contributed by atoms with Gasteiger partial charge < -0.3 is 25.6 Å². The van der Waals surface area contributed by atoms with Gasteiger partial charge in [0, 0.05) is 43.0 Å². The fraction of sp³-hybridized carbons (Fsp3) is 0.421. The lowest BCUT2D eigenvalue weighted by Crippen LogP contribution is -2.39. The summed E-state index contributed by atoms with van der Waals surface area (Å²) in [6, 6.07) is 6.85. The third kappa shape index (κ3) is 3.86. The Kier molecular flexibility index (Phi) is 4.91. The van der Waals surface area contributed by atoms with Gasteiger partial charge in [0.2, 0.25) is 0 Å². The highest BCUT2D eigenvalue weighted by Gasteiger charge is 2.25. The molecular formula is C19H24N6O2. The van der Waals surface area contributed by atoms with Crippen LogP contribution >= 0.6 is 0 Å². The van der Waals surface area contributed by atoms with Crippen molar-refractivity contribution >= 4 is 17.5 Å². The first-order chi connectivity index (χ1) is 13.1. The van der Waals surface area contributed by atoms with Gasteiger partial charge in [0.15, 0.2) is 5.82 Å². The first kappa shape index (κ1) is 17.7. The SMILES string of the molecule is CN1CCc2c(nc(-c3ccc(NC(N)=O)cc3)nc2N2CCOCC2)C1. The van der Waals surface area contributed by atoms with Gasteiger partial charge in [-0.15, -0.1) is 0 Å². The number of nitrogens with two attached hydrogens (primary N) is 1. The van der Waals surface area contributed by atoms with Crippen LogP contribution in [-0.2, 0) is 17.7 Å². The lowest BCUT2D eigenvalue weighted by Gasteiger charge is -2.33. The second kappa shape index (κ2) is 7.50. The Morgan fingerprint density at radius 2 is 1.89 bits per heavy atom. The topological polar surface area (TPSA) is 96.6 Å². The normalized spacial score (nSPS) is 17.4. The maximum absolute atomic E-state index is 11.0. The smallest absolute Gasteiger partial charge is 0.316 e. The average Bonchev–Trinajstić information content (AvgIpc) is 2.67. The molecule has 0 spiro atoms. The monoisotopic (exact) mass is 368 g/mol. The van der Waals surface area contributed by atoms with Crippen molar-refractivity contribution in [2.75, 3.05) is 50.1 Å². The number of nitrogens with zero attached hydrogens (tertiary/aromatic N) is 4. The van der Waals surface area contributed by atoms with Crippen LogP contribution < -0.4 is 16.0 Å². The van der Waals surface area contributed by atoms with Gasteiger partial charge in [0.05, 0.1) is 18.9 Å². The highest BCUT2D eigenvalue weighted by molar-refractivity contribution is 5.88. The van der Waals surface area contributed by atoms with E-state index in [4.69, 9.17) is 20.4 Å². The molecule has 2 aliphatic rings. The minimum atomic E-state index is -0.578. The van der Waals surface area contributed by atoms with Gasteiger partial charge in [-0.2, -0.15) is 0 Å². The van der Waals surface area contributed by atoms with E-state index in [9.17, 15) is 4.79 Å². The summed E-state index contributed by atoms with van der Waals surface area (Å²) in [5.74, 6) is 1.74. The molecule has 0 unspecified atom stereocenters. The van der Waals surface area contributed by atoms with Crippen LogP contribution in [0.1, 0.15) is 11.3 Å². The zero-order valence-electron chi connectivity index (χ0n) is 15.4. The van der Waals surface area contributed by atoms with E-state index in [-0.39, 0.29) is 0 Å². The molecule has 1 saturated heterocycles. The minimum Gasteiger partial charge on any atom is -0.378 e. The Morgan fingerprint density at radius 3 is 2.59 bits per heavy atom. The van der Waals surface area contributed by atoms with Gasteiger partial charge in [-0.25, -0.2) is 14.8 Å². The molecule has 0 atom stereocenters. The molecule has 27 heavy (non-hydrogen) atoms. The van der Waals surface area contributed by atoms with Crippen molar-refractivity contribution in [1.29, 1.82) is 0 Å². The van der Waals surface area contributed by atoms with E-state index in [0.717, 1.165) is 62.9 Å². The number of urea groups is 1. The molecule has 2 amide bonds. The Bertz CT molecular complexity index is 833. The molecule has 0 bridgehead atoms. The zero-order valence-corrected chi connectivity index (χ0v) is 15.4. The van der Waals surface area contributed by atoms with Crippen molar-refractivity contribution in [2.24, 2.45) is 5.73 Å². The highest BCUT2D eigenvalue weighted by Crippen LogP contribution is 2.30. The van der Waals surface area contributed by atoms with E-state index in [1.165, 1.54) is 5.56 Å². The van der Waals surface area contributed by atoms with E-state index in [0.29, 0.717) is 11.5 Å². The molecule has 8 nitrogen and oxygen atoms in total. The van der Waals surface area contributed by atoms with Gasteiger partial charge in [-0.05, 0) is 37.7 Å². The molecule has 1 fully saturated rings. The van der Waals surface area contributed by atoms with E-state index in [1.54, 1.807) is 0 Å². The third-order valence-corrected chi connectivity index (χ3v) is 4.96. The average molecular weight is 368 g/mol. The van der Waals surface area contributed by atoms with Crippen LogP contribution in [0.4, 0.5) is 16.3 Å². The van der Waals surface area contributed by atoms with E-state index in [2.05, 4.69) is 22.2 Å². The zero-order chi connectivity index (χ0) is 18.8. The lowest BCUT2D eigenvalue weighted by molar-refractivity contribution is 0.122. The number of likely N-dealkylation sites (N-methyl/N-ethyl adjacent to an activating group) is 1. The van der Waals surface area contributed by atoms with Gasteiger partial charge in [0.1, 0.15) is 5.82 Å². The number of rotatable bonds is 3. The number of aromatic nitrogens is 2. The molecule has 4 rings (SSSR count). The molecule has 0 saturated carbocycles. The highest BCUT2D eigenvalue weighted by atomic mass is 16.5. The van der Waals surface area contributed by atoms with Crippen LogP contribution in [-0.4, -0.2) is 60.8 Å². The number of nitrogens with one attached hydrogen (secondary N) is 1. The van der Waals surface area contributed by atoms with Crippen LogP contribution in [0, 0.1) is 0 Å². The van der Waals surface area contributed by atoms with Crippen LogP contribution in [0.25, 0.3) is 11.4 Å². The molecule has 1 aromatic carbocycles. The van der Waals surface area contributed by atoms with Crippen LogP contribution in [0.2, 0.25) is 0 Å². The summed E-state index contributed by atoms with van der Waals surface area (Å²) in [6.45, 7) is 4.98. The maximum Gasteiger partial charge on any atom is 0.316 e. The number of morpholine rings is 1. The lowest BCUT2D eigenvalue weighted by atomic mass is 10.0. The van der Waals surface area contributed by atoms with E-state index >= 15 is 0 Å². The molecule has 1 aromatic heterocycles. The number of hydrogen-bond acceptors (Lipinski definition) is 6. The van der Waals surface area contributed by atoms with Crippen LogP contribution in [0.5, 0.6) is 0 Å². The van der Waals surface area contributed by atoms with Crippen molar-refractivity contribution in [3.63, 3.8) is 0 Å². The second-order valence-electron chi connectivity index (χ2n) is 6.95. The predicted molar refractivity (Wildman–Crippen MR) is 104 cm³/mol. The van der Waals surface area contributed by atoms with Gasteiger partial charge in [-0.1, -0.05) is 0 Å². The molecule has 8 heteroatoms. The number of anilines is 2. The predicted octanol–water partition coefficient (Wildman–Crippen LogP) is 1.46. The molecule has 3 N–H and O–H groups in total. The molecule has 3 heterocycles. The number of benzene rings is 1. The summed E-state index contributed by atoms with van der Waals surface area (Å²) < 4.78 is 5.50. The Labute approximate surface area is 158 Å². The number of primary amides is 1. The Hall–Kier alpha value is -2.71. The number of amides is 2. The summed E-state index contributed by atoms with van der Waals surface area (Å²) in [7, 11) is 2.11. The minimum absolute atomic E-state index is 0.578. The largest absolute Gasteiger partial charge is 0.378 e. The maximum atomic E-state index is 11.0. The summed E-state index contributed by atoms with van der Waals surface area (Å²) >= 11 is 0. The number of fused-ring (bicyclic) bond motifs is 1. The van der Waals surface area contributed by atoms with Crippen molar-refractivity contribution < 1.29 is 9.53 Å².